The number of rotatable bonds is 5. The van der Waals surface area contributed by atoms with Crippen molar-refractivity contribution in [3.8, 4) is 11.3 Å². The molecule has 0 radical (unpaired) electrons. The van der Waals surface area contributed by atoms with Crippen molar-refractivity contribution in [1.29, 1.82) is 0 Å². The molecule has 28 heavy (non-hydrogen) atoms. The molecule has 4 rings (SSSR count). The van der Waals surface area contributed by atoms with Crippen molar-refractivity contribution in [3.05, 3.63) is 77.4 Å². The summed E-state index contributed by atoms with van der Waals surface area (Å²) in [6, 6.07) is 13.4. The number of carbonyl (C=O) groups excluding carboxylic acids is 1. The predicted octanol–water partition coefficient (Wildman–Crippen LogP) is 4.09. The van der Waals surface area contributed by atoms with Crippen molar-refractivity contribution in [1.82, 2.24) is 20.4 Å². The zero-order valence-electron chi connectivity index (χ0n) is 15.8. The molecule has 6 heteroatoms. The van der Waals surface area contributed by atoms with Gasteiger partial charge in [-0.05, 0) is 49.2 Å². The van der Waals surface area contributed by atoms with Crippen molar-refractivity contribution in [2.75, 3.05) is 0 Å². The fourth-order valence-corrected chi connectivity index (χ4v) is 3.12. The van der Waals surface area contributed by atoms with E-state index in [4.69, 9.17) is 4.52 Å². The molecule has 0 saturated carbocycles. The number of hydrogen-bond donors (Lipinski definition) is 1. The van der Waals surface area contributed by atoms with Gasteiger partial charge in [-0.25, -0.2) is 0 Å². The van der Waals surface area contributed by atoms with Crippen LogP contribution in [0.1, 0.15) is 34.3 Å². The first-order chi connectivity index (χ1) is 13.6. The molecule has 0 unspecified atom stereocenters. The van der Waals surface area contributed by atoms with Crippen LogP contribution in [0.2, 0.25) is 0 Å². The number of fused-ring (bicyclic) bond motifs is 1. The van der Waals surface area contributed by atoms with Gasteiger partial charge in [-0.1, -0.05) is 18.1 Å². The van der Waals surface area contributed by atoms with Crippen molar-refractivity contribution in [2.45, 2.75) is 26.8 Å². The monoisotopic (exact) mass is 372 g/mol. The first-order valence-corrected chi connectivity index (χ1v) is 9.18. The summed E-state index contributed by atoms with van der Waals surface area (Å²) in [5.41, 5.74) is 4.97. The highest BCUT2D eigenvalue weighted by atomic mass is 16.5. The van der Waals surface area contributed by atoms with Gasteiger partial charge in [0.25, 0.3) is 5.91 Å². The van der Waals surface area contributed by atoms with Crippen LogP contribution in [0.5, 0.6) is 0 Å². The molecule has 6 nitrogen and oxygen atoms in total. The molecule has 3 heterocycles. The molecule has 0 aliphatic rings. The number of carbonyl (C=O) groups is 1. The van der Waals surface area contributed by atoms with E-state index in [1.807, 2.05) is 49.4 Å². The third kappa shape index (κ3) is 3.62. The van der Waals surface area contributed by atoms with Gasteiger partial charge in [0.1, 0.15) is 5.69 Å². The molecule has 0 spiro atoms. The van der Waals surface area contributed by atoms with E-state index < -0.39 is 0 Å². The molecular weight excluding hydrogens is 352 g/mol. The summed E-state index contributed by atoms with van der Waals surface area (Å²) in [6.07, 6.45) is 4.33. The van der Waals surface area contributed by atoms with Gasteiger partial charge in [0.15, 0.2) is 5.76 Å². The van der Waals surface area contributed by atoms with Crippen LogP contribution in [0.4, 0.5) is 0 Å². The first kappa shape index (κ1) is 17.9. The quantitative estimate of drug-likeness (QED) is 0.571. The van der Waals surface area contributed by atoms with Crippen LogP contribution in [0.3, 0.4) is 0 Å². The highest BCUT2D eigenvalue weighted by Gasteiger charge is 2.14. The number of amides is 1. The Kier molecular flexibility index (Phi) is 4.85. The number of pyridine rings is 2. The van der Waals surface area contributed by atoms with Gasteiger partial charge >= 0.3 is 0 Å². The normalized spacial score (nSPS) is 10.9. The van der Waals surface area contributed by atoms with E-state index in [-0.39, 0.29) is 12.5 Å². The molecule has 1 amide bonds. The second-order valence-corrected chi connectivity index (χ2v) is 6.62. The smallest absolute Gasteiger partial charge is 0.252 e. The summed E-state index contributed by atoms with van der Waals surface area (Å²) in [5, 5.41) is 7.83. The Morgan fingerprint density at radius 1 is 1.18 bits per heavy atom. The molecule has 1 N–H and O–H groups in total. The summed E-state index contributed by atoms with van der Waals surface area (Å²) in [7, 11) is 0. The summed E-state index contributed by atoms with van der Waals surface area (Å²) < 4.78 is 5.35. The van der Waals surface area contributed by atoms with Crippen LogP contribution in [-0.2, 0) is 13.0 Å². The lowest BCUT2D eigenvalue weighted by Gasteiger charge is -2.09. The van der Waals surface area contributed by atoms with Gasteiger partial charge in [0, 0.05) is 35.1 Å². The van der Waals surface area contributed by atoms with E-state index in [9.17, 15) is 4.79 Å². The third-order valence-electron chi connectivity index (χ3n) is 4.59. The molecule has 0 fully saturated rings. The zero-order valence-corrected chi connectivity index (χ0v) is 15.8. The van der Waals surface area contributed by atoms with E-state index >= 15 is 0 Å². The first-order valence-electron chi connectivity index (χ1n) is 9.18. The Morgan fingerprint density at radius 2 is 2.07 bits per heavy atom. The van der Waals surface area contributed by atoms with Gasteiger partial charge in [0.2, 0.25) is 0 Å². The van der Waals surface area contributed by atoms with Gasteiger partial charge < -0.3 is 9.84 Å². The second-order valence-electron chi connectivity index (χ2n) is 6.62. The number of aromatic nitrogens is 3. The average Bonchev–Trinajstić information content (AvgIpc) is 3.21. The maximum Gasteiger partial charge on any atom is 0.252 e. The van der Waals surface area contributed by atoms with E-state index in [1.165, 1.54) is 5.56 Å². The molecule has 3 aromatic heterocycles. The third-order valence-corrected chi connectivity index (χ3v) is 4.59. The largest absolute Gasteiger partial charge is 0.359 e. The minimum absolute atomic E-state index is 0.164. The van der Waals surface area contributed by atoms with E-state index in [1.54, 1.807) is 12.4 Å². The fourth-order valence-electron chi connectivity index (χ4n) is 3.12. The standard InChI is InChI=1S/C22H20N4O2/c1-3-15-6-7-20-18(10-15)19(9-14(2)25-20)22(27)24-13-17-11-21(26-28-17)16-5-4-8-23-12-16/h4-12H,3,13H2,1-2H3,(H,24,27). The Morgan fingerprint density at radius 3 is 2.86 bits per heavy atom. The Bertz CT molecular complexity index is 1140. The lowest BCUT2D eigenvalue weighted by atomic mass is 10.0. The minimum Gasteiger partial charge on any atom is -0.359 e. The Hall–Kier alpha value is -3.54. The molecular formula is C22H20N4O2. The lowest BCUT2D eigenvalue weighted by Crippen LogP contribution is -2.23. The number of benzene rings is 1. The minimum atomic E-state index is -0.164. The molecule has 0 aliphatic carbocycles. The van der Waals surface area contributed by atoms with E-state index in [0.717, 1.165) is 28.6 Å². The summed E-state index contributed by atoms with van der Waals surface area (Å²) >= 11 is 0. The van der Waals surface area contributed by atoms with Gasteiger partial charge in [-0.3, -0.25) is 14.8 Å². The van der Waals surface area contributed by atoms with Crippen LogP contribution in [-0.4, -0.2) is 21.0 Å². The zero-order chi connectivity index (χ0) is 19.5. The van der Waals surface area contributed by atoms with Crippen molar-refractivity contribution in [2.24, 2.45) is 0 Å². The fraction of sp³-hybridized carbons (Fsp3) is 0.182. The maximum absolute atomic E-state index is 12.8. The molecule has 0 bridgehead atoms. The van der Waals surface area contributed by atoms with Crippen LogP contribution in [0.15, 0.2) is 59.4 Å². The molecule has 4 aromatic rings. The summed E-state index contributed by atoms with van der Waals surface area (Å²) in [4.78, 5) is 21.5. The van der Waals surface area contributed by atoms with Crippen molar-refractivity contribution < 1.29 is 9.32 Å². The Labute approximate surface area is 162 Å². The van der Waals surface area contributed by atoms with Gasteiger partial charge in [-0.2, -0.15) is 0 Å². The number of nitrogens with zero attached hydrogens (tertiary/aromatic N) is 3. The maximum atomic E-state index is 12.8. The number of hydrogen-bond acceptors (Lipinski definition) is 5. The molecule has 0 atom stereocenters. The number of aryl methyl sites for hydroxylation is 2. The van der Waals surface area contributed by atoms with E-state index in [0.29, 0.717) is 17.0 Å². The van der Waals surface area contributed by atoms with Gasteiger partial charge in [-0.15, -0.1) is 0 Å². The molecule has 1 aromatic carbocycles. The highest BCUT2D eigenvalue weighted by Crippen LogP contribution is 2.21. The van der Waals surface area contributed by atoms with Crippen molar-refractivity contribution in [3.63, 3.8) is 0 Å². The second kappa shape index (κ2) is 7.60. The predicted molar refractivity (Wildman–Crippen MR) is 107 cm³/mol. The number of nitrogens with one attached hydrogen (secondary N) is 1. The average molecular weight is 372 g/mol. The van der Waals surface area contributed by atoms with Crippen LogP contribution in [0.25, 0.3) is 22.2 Å². The summed E-state index contributed by atoms with van der Waals surface area (Å²) in [5.74, 6) is 0.416. The summed E-state index contributed by atoms with van der Waals surface area (Å²) in [6.45, 7) is 4.23. The lowest BCUT2D eigenvalue weighted by molar-refractivity contribution is 0.0948. The highest BCUT2D eigenvalue weighted by molar-refractivity contribution is 6.06. The van der Waals surface area contributed by atoms with E-state index in [2.05, 4.69) is 27.4 Å². The van der Waals surface area contributed by atoms with Crippen molar-refractivity contribution >= 4 is 16.8 Å². The van der Waals surface area contributed by atoms with Gasteiger partial charge in [0.05, 0.1) is 17.6 Å². The molecule has 140 valence electrons. The Balaban J connectivity index is 1.55. The SMILES string of the molecule is CCc1ccc2nc(C)cc(C(=O)NCc3cc(-c4cccnc4)no3)c2c1. The van der Waals surface area contributed by atoms with Crippen LogP contribution >= 0.6 is 0 Å². The van der Waals surface area contributed by atoms with Crippen LogP contribution in [0, 0.1) is 6.92 Å². The molecule has 0 saturated heterocycles. The molecule has 0 aliphatic heterocycles. The van der Waals surface area contributed by atoms with Crippen LogP contribution < -0.4 is 5.32 Å². The topological polar surface area (TPSA) is 80.9 Å².